The maximum Gasteiger partial charge on any atom is 0.306 e. The topological polar surface area (TPSA) is 98.5 Å². The molecule has 7 nitrogen and oxygen atoms in total. The first kappa shape index (κ1) is 19.1. The van der Waals surface area contributed by atoms with Crippen LogP contribution in [0.3, 0.4) is 0 Å². The fraction of sp³-hybridized carbons (Fsp3) is 0.263. The molecule has 0 aliphatic rings. The van der Waals surface area contributed by atoms with Crippen LogP contribution in [-0.4, -0.2) is 23.4 Å². The van der Waals surface area contributed by atoms with Crippen molar-refractivity contribution in [2.24, 2.45) is 0 Å². The number of hydrogen-bond acceptors (Lipinski definition) is 5. The number of aryl methyl sites for hydroxylation is 1. The summed E-state index contributed by atoms with van der Waals surface area (Å²) in [5.74, 6) is -1.16. The molecule has 1 N–H and O–H groups in total. The quantitative estimate of drug-likeness (QED) is 0.464. The Balaban J connectivity index is 1.89. The van der Waals surface area contributed by atoms with E-state index in [2.05, 4.69) is 5.32 Å². The van der Waals surface area contributed by atoms with Gasteiger partial charge in [-0.25, -0.2) is 0 Å². The molecule has 0 heterocycles. The number of nitro groups is 1. The molecule has 26 heavy (non-hydrogen) atoms. The highest BCUT2D eigenvalue weighted by molar-refractivity contribution is 5.95. The molecular formula is C19H20N2O5. The Kier molecular flexibility index (Phi) is 6.43. The SMILES string of the molecule is Cc1cccc([N+](=O)[O-])c1NC(=O)COC(=O)C[C@@H](C)c1ccccc1. The van der Waals surface area contributed by atoms with Crippen molar-refractivity contribution in [3.63, 3.8) is 0 Å². The third-order valence-electron chi connectivity index (χ3n) is 3.92. The minimum absolute atomic E-state index is 0.0378. The average molecular weight is 356 g/mol. The molecule has 0 aliphatic heterocycles. The van der Waals surface area contributed by atoms with Crippen LogP contribution in [0.2, 0.25) is 0 Å². The van der Waals surface area contributed by atoms with Crippen molar-refractivity contribution in [3.05, 3.63) is 69.8 Å². The van der Waals surface area contributed by atoms with E-state index in [1.165, 1.54) is 12.1 Å². The Morgan fingerprint density at radius 1 is 1.15 bits per heavy atom. The lowest BCUT2D eigenvalue weighted by Crippen LogP contribution is -2.22. The van der Waals surface area contributed by atoms with Crippen LogP contribution in [0.4, 0.5) is 11.4 Å². The molecule has 0 unspecified atom stereocenters. The number of nitro benzene ring substituents is 1. The van der Waals surface area contributed by atoms with Gasteiger partial charge in [-0.1, -0.05) is 49.4 Å². The van der Waals surface area contributed by atoms with Crippen LogP contribution in [0.1, 0.15) is 30.4 Å². The molecule has 0 saturated heterocycles. The number of benzene rings is 2. The highest BCUT2D eigenvalue weighted by atomic mass is 16.6. The van der Waals surface area contributed by atoms with Gasteiger partial charge in [0.15, 0.2) is 6.61 Å². The third kappa shape index (κ3) is 5.14. The molecule has 7 heteroatoms. The summed E-state index contributed by atoms with van der Waals surface area (Å²) in [6.45, 7) is 3.05. The van der Waals surface area contributed by atoms with Crippen molar-refractivity contribution in [1.29, 1.82) is 0 Å². The smallest absolute Gasteiger partial charge is 0.306 e. The number of ether oxygens (including phenoxy) is 1. The van der Waals surface area contributed by atoms with Gasteiger partial charge >= 0.3 is 5.97 Å². The fourth-order valence-electron chi connectivity index (χ4n) is 2.50. The first-order chi connectivity index (χ1) is 12.4. The third-order valence-corrected chi connectivity index (χ3v) is 3.92. The van der Waals surface area contributed by atoms with Crippen molar-refractivity contribution < 1.29 is 19.2 Å². The van der Waals surface area contributed by atoms with E-state index in [0.717, 1.165) is 5.56 Å². The fourth-order valence-corrected chi connectivity index (χ4v) is 2.50. The number of para-hydroxylation sites is 1. The van der Waals surface area contributed by atoms with Crippen LogP contribution in [-0.2, 0) is 14.3 Å². The summed E-state index contributed by atoms with van der Waals surface area (Å²) in [5.41, 5.74) is 1.46. The molecule has 0 aromatic heterocycles. The zero-order valence-electron chi connectivity index (χ0n) is 14.6. The summed E-state index contributed by atoms with van der Waals surface area (Å²) >= 11 is 0. The van der Waals surface area contributed by atoms with Gasteiger partial charge in [0.05, 0.1) is 11.3 Å². The van der Waals surface area contributed by atoms with Crippen LogP contribution in [0.15, 0.2) is 48.5 Å². The second-order valence-electron chi connectivity index (χ2n) is 5.95. The summed E-state index contributed by atoms with van der Waals surface area (Å²) in [6.07, 6.45) is 0.141. The van der Waals surface area contributed by atoms with E-state index in [0.29, 0.717) is 5.56 Å². The second-order valence-corrected chi connectivity index (χ2v) is 5.95. The number of carbonyl (C=O) groups excluding carboxylic acids is 2. The Morgan fingerprint density at radius 2 is 1.85 bits per heavy atom. The number of carbonyl (C=O) groups is 2. The zero-order valence-corrected chi connectivity index (χ0v) is 14.6. The normalized spacial score (nSPS) is 11.5. The van der Waals surface area contributed by atoms with Crippen LogP contribution in [0.5, 0.6) is 0 Å². The van der Waals surface area contributed by atoms with E-state index in [1.54, 1.807) is 13.0 Å². The summed E-state index contributed by atoms with van der Waals surface area (Å²) in [6, 6.07) is 14.0. The molecule has 0 bridgehead atoms. The van der Waals surface area contributed by atoms with Crippen molar-refractivity contribution in [3.8, 4) is 0 Å². The predicted molar refractivity (Wildman–Crippen MR) is 96.9 cm³/mol. The highest BCUT2D eigenvalue weighted by Gasteiger charge is 2.19. The molecular weight excluding hydrogens is 336 g/mol. The first-order valence-corrected chi connectivity index (χ1v) is 8.13. The average Bonchev–Trinajstić information content (AvgIpc) is 2.62. The molecule has 2 aromatic rings. The second kappa shape index (κ2) is 8.75. The van der Waals surface area contributed by atoms with Crippen LogP contribution >= 0.6 is 0 Å². The van der Waals surface area contributed by atoms with Crippen molar-refractivity contribution in [2.75, 3.05) is 11.9 Å². The Morgan fingerprint density at radius 3 is 2.50 bits per heavy atom. The van der Waals surface area contributed by atoms with Gasteiger partial charge in [-0.05, 0) is 24.0 Å². The first-order valence-electron chi connectivity index (χ1n) is 8.13. The van der Waals surface area contributed by atoms with E-state index in [9.17, 15) is 19.7 Å². The lowest BCUT2D eigenvalue weighted by atomic mass is 9.98. The Labute approximate surface area is 151 Å². The van der Waals surface area contributed by atoms with E-state index in [4.69, 9.17) is 4.74 Å². The van der Waals surface area contributed by atoms with Gasteiger partial charge in [0.2, 0.25) is 0 Å². The minimum Gasteiger partial charge on any atom is -0.456 e. The number of nitrogens with zero attached hydrogens (tertiary/aromatic N) is 1. The highest BCUT2D eigenvalue weighted by Crippen LogP contribution is 2.27. The number of hydrogen-bond donors (Lipinski definition) is 1. The summed E-state index contributed by atoms with van der Waals surface area (Å²) in [4.78, 5) is 34.4. The van der Waals surface area contributed by atoms with Gasteiger partial charge in [-0.3, -0.25) is 19.7 Å². The van der Waals surface area contributed by atoms with Crippen molar-refractivity contribution in [1.82, 2.24) is 0 Å². The van der Waals surface area contributed by atoms with Gasteiger partial charge in [0.25, 0.3) is 11.6 Å². The Hall–Kier alpha value is -3.22. The standard InChI is InChI=1S/C19H20N2O5/c1-13-7-6-10-16(21(24)25)19(13)20-17(22)12-26-18(23)11-14(2)15-8-4-3-5-9-15/h3-10,14H,11-12H2,1-2H3,(H,20,22)/t14-/m1/s1. The summed E-state index contributed by atoms with van der Waals surface area (Å²) < 4.78 is 4.99. The molecule has 1 amide bonds. The lowest BCUT2D eigenvalue weighted by Gasteiger charge is -2.12. The monoisotopic (exact) mass is 356 g/mol. The minimum atomic E-state index is -0.622. The molecule has 0 spiro atoms. The number of rotatable bonds is 7. The van der Waals surface area contributed by atoms with Gasteiger partial charge in [-0.2, -0.15) is 0 Å². The summed E-state index contributed by atoms with van der Waals surface area (Å²) in [7, 11) is 0. The summed E-state index contributed by atoms with van der Waals surface area (Å²) in [5, 5.41) is 13.5. The van der Waals surface area contributed by atoms with E-state index >= 15 is 0 Å². The molecule has 0 aliphatic carbocycles. The van der Waals surface area contributed by atoms with Crippen molar-refractivity contribution in [2.45, 2.75) is 26.2 Å². The molecule has 0 radical (unpaired) electrons. The van der Waals surface area contributed by atoms with Crippen LogP contribution in [0.25, 0.3) is 0 Å². The zero-order chi connectivity index (χ0) is 19.1. The molecule has 1 atom stereocenters. The van der Waals surface area contributed by atoms with Crippen LogP contribution < -0.4 is 5.32 Å². The van der Waals surface area contributed by atoms with Crippen molar-refractivity contribution >= 4 is 23.3 Å². The van der Waals surface area contributed by atoms with Gasteiger partial charge in [0, 0.05) is 6.07 Å². The number of esters is 1. The maximum absolute atomic E-state index is 12.0. The van der Waals surface area contributed by atoms with E-state index in [1.807, 2.05) is 37.3 Å². The van der Waals surface area contributed by atoms with Crippen LogP contribution in [0, 0.1) is 17.0 Å². The molecule has 136 valence electrons. The Bertz CT molecular complexity index is 805. The molecule has 0 fully saturated rings. The van der Waals surface area contributed by atoms with E-state index < -0.39 is 23.4 Å². The number of nitrogens with one attached hydrogen (secondary N) is 1. The molecule has 0 saturated carbocycles. The van der Waals surface area contributed by atoms with Gasteiger partial charge in [0.1, 0.15) is 5.69 Å². The largest absolute Gasteiger partial charge is 0.456 e. The number of amides is 1. The molecule has 2 aromatic carbocycles. The number of anilines is 1. The predicted octanol–water partition coefficient (Wildman–Crippen LogP) is 3.58. The van der Waals surface area contributed by atoms with Gasteiger partial charge < -0.3 is 10.1 Å². The van der Waals surface area contributed by atoms with E-state index in [-0.39, 0.29) is 23.7 Å². The van der Waals surface area contributed by atoms with Gasteiger partial charge in [-0.15, -0.1) is 0 Å². The maximum atomic E-state index is 12.0. The molecule has 2 rings (SSSR count). The lowest BCUT2D eigenvalue weighted by molar-refractivity contribution is -0.384.